The molecule has 6 nitrogen and oxygen atoms in total. The van der Waals surface area contributed by atoms with Crippen molar-refractivity contribution in [1.29, 1.82) is 0 Å². The third-order valence-electron chi connectivity index (χ3n) is 2.92. The third-order valence-corrected chi connectivity index (χ3v) is 3.83. The molecule has 1 amide bonds. The summed E-state index contributed by atoms with van der Waals surface area (Å²) in [6.45, 7) is 4.01. The van der Waals surface area contributed by atoms with Gasteiger partial charge in [-0.2, -0.15) is 0 Å². The second kappa shape index (κ2) is 4.82. The molecule has 2 rings (SSSR count). The molecule has 0 bridgehead atoms. The fourth-order valence-corrected chi connectivity index (χ4v) is 2.55. The molecular weight excluding hydrogens is 268 g/mol. The Balaban J connectivity index is 2.53. The molecule has 19 heavy (non-hydrogen) atoms. The zero-order valence-corrected chi connectivity index (χ0v) is 11.6. The number of ether oxygens (including phenoxy) is 1. The van der Waals surface area contributed by atoms with E-state index >= 15 is 0 Å². The van der Waals surface area contributed by atoms with Crippen LogP contribution < -0.4 is 14.8 Å². The van der Waals surface area contributed by atoms with Gasteiger partial charge in [0.25, 0.3) is 0 Å². The highest BCUT2D eigenvalue weighted by molar-refractivity contribution is 7.89. The number of nitrogens with zero attached hydrogens (tertiary/aromatic N) is 1. The normalized spacial score (nSPS) is 18.7. The molecule has 0 spiro atoms. The smallest absolute Gasteiger partial charge is 0.238 e. The number of sulfonamides is 1. The number of carbonyl (C=O) groups excluding carboxylic acids is 1. The molecule has 7 heteroatoms. The maximum absolute atomic E-state index is 11.9. The van der Waals surface area contributed by atoms with Crippen molar-refractivity contribution in [2.24, 2.45) is 5.14 Å². The van der Waals surface area contributed by atoms with E-state index in [4.69, 9.17) is 9.88 Å². The fourth-order valence-electron chi connectivity index (χ4n) is 2.02. The van der Waals surface area contributed by atoms with E-state index in [-0.39, 0.29) is 16.9 Å². The van der Waals surface area contributed by atoms with Crippen LogP contribution in [0.1, 0.15) is 20.3 Å². The molecule has 1 aliphatic heterocycles. The third kappa shape index (κ3) is 2.71. The Labute approximate surface area is 112 Å². The molecule has 0 aromatic heterocycles. The van der Waals surface area contributed by atoms with Gasteiger partial charge < -0.3 is 9.64 Å². The summed E-state index contributed by atoms with van der Waals surface area (Å²) in [4.78, 5) is 13.4. The van der Waals surface area contributed by atoms with E-state index in [0.29, 0.717) is 24.4 Å². The van der Waals surface area contributed by atoms with Crippen molar-refractivity contribution in [3.63, 3.8) is 0 Å². The fraction of sp³-hybridized carbons (Fsp3) is 0.417. The molecule has 0 aliphatic carbocycles. The van der Waals surface area contributed by atoms with Crippen LogP contribution in [0, 0.1) is 0 Å². The summed E-state index contributed by atoms with van der Waals surface area (Å²) in [6.07, 6.45) is 0.203. The summed E-state index contributed by atoms with van der Waals surface area (Å²) in [6, 6.07) is 4.28. The number of rotatable bonds is 2. The minimum absolute atomic E-state index is 0.0293. The first kappa shape index (κ1) is 13.8. The van der Waals surface area contributed by atoms with Crippen LogP contribution in [0.4, 0.5) is 5.69 Å². The largest absolute Gasteiger partial charge is 0.487 e. The number of hydrogen-bond donors (Lipinski definition) is 1. The van der Waals surface area contributed by atoms with Gasteiger partial charge in [-0.3, -0.25) is 4.79 Å². The average molecular weight is 284 g/mol. The Morgan fingerprint density at radius 3 is 2.79 bits per heavy atom. The van der Waals surface area contributed by atoms with Crippen LogP contribution in [0.2, 0.25) is 0 Å². The topological polar surface area (TPSA) is 89.7 Å². The highest BCUT2D eigenvalue weighted by Crippen LogP contribution is 2.35. The number of nitrogens with two attached hydrogens (primary N) is 1. The number of hydrogen-bond acceptors (Lipinski definition) is 4. The maximum Gasteiger partial charge on any atom is 0.238 e. The molecule has 0 fully saturated rings. The first-order valence-corrected chi connectivity index (χ1v) is 7.51. The van der Waals surface area contributed by atoms with Gasteiger partial charge in [-0.05, 0) is 25.1 Å². The van der Waals surface area contributed by atoms with Crippen molar-refractivity contribution in [3.05, 3.63) is 18.2 Å². The van der Waals surface area contributed by atoms with Crippen LogP contribution in [-0.2, 0) is 14.8 Å². The second-order valence-corrected chi connectivity index (χ2v) is 6.02. The maximum atomic E-state index is 11.9. The monoisotopic (exact) mass is 284 g/mol. The van der Waals surface area contributed by atoms with Gasteiger partial charge in [-0.15, -0.1) is 0 Å². The van der Waals surface area contributed by atoms with Gasteiger partial charge in [0, 0.05) is 6.42 Å². The number of anilines is 1. The SMILES string of the molecule is CCC(=O)N1CC(C)Oc2ccc(S(N)(=O)=O)cc21. The molecule has 1 unspecified atom stereocenters. The Bertz CT molecular complexity index is 612. The molecular formula is C12H16N2O4S. The Kier molecular flexibility index (Phi) is 3.51. The van der Waals surface area contributed by atoms with Crippen LogP contribution >= 0.6 is 0 Å². The predicted molar refractivity (Wildman–Crippen MR) is 70.5 cm³/mol. The van der Waals surface area contributed by atoms with Gasteiger partial charge in [0.15, 0.2) is 0 Å². The molecule has 1 atom stereocenters. The molecule has 1 aliphatic rings. The molecule has 104 valence electrons. The molecule has 2 N–H and O–H groups in total. The summed E-state index contributed by atoms with van der Waals surface area (Å²) in [7, 11) is -3.80. The van der Waals surface area contributed by atoms with Gasteiger partial charge >= 0.3 is 0 Å². The Morgan fingerprint density at radius 1 is 1.53 bits per heavy atom. The highest BCUT2D eigenvalue weighted by Gasteiger charge is 2.28. The summed E-state index contributed by atoms with van der Waals surface area (Å²) in [5.41, 5.74) is 0.455. The Hall–Kier alpha value is -1.60. The molecule has 1 aromatic rings. The second-order valence-electron chi connectivity index (χ2n) is 4.46. The van der Waals surface area contributed by atoms with E-state index < -0.39 is 10.0 Å². The summed E-state index contributed by atoms with van der Waals surface area (Å²) >= 11 is 0. The average Bonchev–Trinajstić information content (AvgIpc) is 2.35. The summed E-state index contributed by atoms with van der Waals surface area (Å²) < 4.78 is 28.3. The van der Waals surface area contributed by atoms with Crippen LogP contribution in [0.5, 0.6) is 5.75 Å². The van der Waals surface area contributed by atoms with E-state index in [2.05, 4.69) is 0 Å². The van der Waals surface area contributed by atoms with E-state index in [1.807, 2.05) is 6.92 Å². The first-order chi connectivity index (χ1) is 8.82. The number of carbonyl (C=O) groups is 1. The number of fused-ring (bicyclic) bond motifs is 1. The predicted octanol–water partition coefficient (Wildman–Crippen LogP) is 0.858. The van der Waals surface area contributed by atoms with Gasteiger partial charge in [-0.25, -0.2) is 13.6 Å². The van der Waals surface area contributed by atoms with Gasteiger partial charge in [0.05, 0.1) is 17.1 Å². The molecule has 1 aromatic carbocycles. The number of amides is 1. The minimum atomic E-state index is -3.80. The van der Waals surface area contributed by atoms with E-state index in [9.17, 15) is 13.2 Å². The lowest BCUT2D eigenvalue weighted by Crippen LogP contribution is -2.42. The lowest BCUT2D eigenvalue weighted by atomic mass is 10.2. The lowest BCUT2D eigenvalue weighted by Gasteiger charge is -2.33. The summed E-state index contributed by atoms with van der Waals surface area (Å²) in [5.74, 6) is 0.413. The van der Waals surface area contributed by atoms with E-state index in [1.165, 1.54) is 23.1 Å². The van der Waals surface area contributed by atoms with Crippen molar-refractivity contribution in [1.82, 2.24) is 0 Å². The van der Waals surface area contributed by atoms with Crippen molar-refractivity contribution in [3.8, 4) is 5.75 Å². The number of primary sulfonamides is 1. The van der Waals surface area contributed by atoms with Gasteiger partial charge in [0.2, 0.25) is 15.9 Å². The lowest BCUT2D eigenvalue weighted by molar-refractivity contribution is -0.118. The van der Waals surface area contributed by atoms with Crippen molar-refractivity contribution in [2.45, 2.75) is 31.3 Å². The van der Waals surface area contributed by atoms with Crippen molar-refractivity contribution >= 4 is 21.6 Å². The van der Waals surface area contributed by atoms with Crippen LogP contribution in [-0.4, -0.2) is 27.0 Å². The zero-order chi connectivity index (χ0) is 14.2. The molecule has 0 saturated carbocycles. The zero-order valence-electron chi connectivity index (χ0n) is 10.8. The van der Waals surface area contributed by atoms with E-state index in [1.54, 1.807) is 6.92 Å². The molecule has 0 radical (unpaired) electrons. The standard InChI is InChI=1S/C12H16N2O4S/c1-3-12(15)14-7-8(2)18-11-5-4-9(6-10(11)14)19(13,16)17/h4-6,8H,3,7H2,1-2H3,(H2,13,16,17). The van der Waals surface area contributed by atoms with Gasteiger partial charge in [0.1, 0.15) is 11.9 Å². The van der Waals surface area contributed by atoms with E-state index in [0.717, 1.165) is 0 Å². The van der Waals surface area contributed by atoms with Gasteiger partial charge in [-0.1, -0.05) is 6.92 Å². The van der Waals surface area contributed by atoms with Crippen LogP contribution in [0.15, 0.2) is 23.1 Å². The van der Waals surface area contributed by atoms with Crippen molar-refractivity contribution < 1.29 is 17.9 Å². The quantitative estimate of drug-likeness (QED) is 0.872. The highest BCUT2D eigenvalue weighted by atomic mass is 32.2. The minimum Gasteiger partial charge on any atom is -0.487 e. The van der Waals surface area contributed by atoms with Crippen molar-refractivity contribution in [2.75, 3.05) is 11.4 Å². The molecule has 0 saturated heterocycles. The van der Waals surface area contributed by atoms with Crippen LogP contribution in [0.25, 0.3) is 0 Å². The summed E-state index contributed by atoms with van der Waals surface area (Å²) in [5, 5.41) is 5.10. The number of benzene rings is 1. The first-order valence-electron chi connectivity index (χ1n) is 5.96. The van der Waals surface area contributed by atoms with Crippen LogP contribution in [0.3, 0.4) is 0 Å². The Morgan fingerprint density at radius 2 is 2.21 bits per heavy atom. The molecule has 1 heterocycles.